The number of nitrogens with one attached hydrogen (secondary N) is 2. The molecule has 0 radical (unpaired) electrons. The molecule has 2 N–H and O–H groups in total. The number of rotatable bonds is 7. The van der Waals surface area contributed by atoms with Gasteiger partial charge in [0.15, 0.2) is 5.82 Å². The van der Waals surface area contributed by atoms with Crippen LogP contribution in [0.2, 0.25) is 0 Å². The predicted molar refractivity (Wildman–Crippen MR) is 106 cm³/mol. The van der Waals surface area contributed by atoms with Crippen molar-refractivity contribution in [2.75, 3.05) is 18.4 Å². The van der Waals surface area contributed by atoms with Crippen LogP contribution in [0.1, 0.15) is 24.2 Å². The second kappa shape index (κ2) is 8.50. The van der Waals surface area contributed by atoms with Crippen LogP contribution < -0.4 is 5.32 Å². The van der Waals surface area contributed by atoms with Gasteiger partial charge in [-0.15, -0.1) is 5.10 Å². The number of nitrogens with zero attached hydrogens (tertiary/aromatic N) is 3. The van der Waals surface area contributed by atoms with Gasteiger partial charge < -0.3 is 0 Å². The quantitative estimate of drug-likeness (QED) is 0.615. The van der Waals surface area contributed by atoms with Crippen molar-refractivity contribution in [1.82, 2.24) is 19.5 Å². The zero-order chi connectivity index (χ0) is 21.0. The first-order valence-electron chi connectivity index (χ1n) is 8.95. The first kappa shape index (κ1) is 20.6. The third kappa shape index (κ3) is 4.49. The Morgan fingerprint density at radius 3 is 2.28 bits per heavy atom. The Morgan fingerprint density at radius 2 is 1.69 bits per heavy atom. The number of sulfonamides is 1. The average molecular weight is 417 g/mol. The van der Waals surface area contributed by atoms with Gasteiger partial charge in [0.1, 0.15) is 5.82 Å². The molecule has 1 heterocycles. The van der Waals surface area contributed by atoms with Gasteiger partial charge in [-0.2, -0.15) is 9.29 Å². The Bertz CT molecular complexity index is 1090. The molecule has 8 nitrogen and oxygen atoms in total. The zero-order valence-electron chi connectivity index (χ0n) is 15.9. The van der Waals surface area contributed by atoms with Crippen LogP contribution in [0.5, 0.6) is 0 Å². The van der Waals surface area contributed by atoms with E-state index in [0.29, 0.717) is 24.5 Å². The molecular weight excluding hydrogens is 397 g/mol. The summed E-state index contributed by atoms with van der Waals surface area (Å²) in [5, 5.41) is 9.12. The Hall–Kier alpha value is -3.11. The number of aromatic amines is 1. The minimum Gasteiger partial charge on any atom is -0.289 e. The van der Waals surface area contributed by atoms with Gasteiger partial charge in [-0.3, -0.25) is 15.2 Å². The number of benzene rings is 2. The monoisotopic (exact) mass is 417 g/mol. The van der Waals surface area contributed by atoms with Gasteiger partial charge in [0.25, 0.3) is 5.91 Å². The molecule has 2 aromatic carbocycles. The van der Waals surface area contributed by atoms with Gasteiger partial charge >= 0.3 is 0 Å². The fourth-order valence-corrected chi connectivity index (χ4v) is 4.18. The summed E-state index contributed by atoms with van der Waals surface area (Å²) in [7, 11) is -3.59. The summed E-state index contributed by atoms with van der Waals surface area (Å²) < 4.78 is 39.4. The maximum Gasteiger partial charge on any atom is 0.258 e. The van der Waals surface area contributed by atoms with Gasteiger partial charge in [-0.25, -0.2) is 12.8 Å². The Kier molecular flexibility index (Phi) is 6.04. The van der Waals surface area contributed by atoms with E-state index in [1.165, 1.54) is 52.8 Å². The number of halogens is 1. The molecule has 152 valence electrons. The number of hydrogen-bond donors (Lipinski definition) is 2. The van der Waals surface area contributed by atoms with Gasteiger partial charge in [-0.05, 0) is 48.5 Å². The van der Waals surface area contributed by atoms with Crippen LogP contribution in [0.25, 0.3) is 11.4 Å². The lowest BCUT2D eigenvalue weighted by molar-refractivity contribution is 0.102. The van der Waals surface area contributed by atoms with Crippen LogP contribution in [0.15, 0.2) is 53.4 Å². The van der Waals surface area contributed by atoms with Crippen molar-refractivity contribution in [3.05, 3.63) is 59.9 Å². The van der Waals surface area contributed by atoms with E-state index >= 15 is 0 Å². The molecule has 0 aliphatic rings. The highest BCUT2D eigenvalue weighted by atomic mass is 32.2. The molecular formula is C19H20FN5O3S. The van der Waals surface area contributed by atoms with Gasteiger partial charge in [0, 0.05) is 24.2 Å². The van der Waals surface area contributed by atoms with Crippen molar-refractivity contribution in [3.8, 4) is 11.4 Å². The molecule has 0 fully saturated rings. The summed E-state index contributed by atoms with van der Waals surface area (Å²) in [6.07, 6.45) is 0. The molecule has 0 aliphatic carbocycles. The Balaban J connectivity index is 1.72. The Labute approximate surface area is 167 Å². The lowest BCUT2D eigenvalue weighted by atomic mass is 10.2. The molecule has 0 saturated heterocycles. The van der Waals surface area contributed by atoms with E-state index in [9.17, 15) is 17.6 Å². The van der Waals surface area contributed by atoms with Crippen LogP contribution in [-0.4, -0.2) is 46.9 Å². The van der Waals surface area contributed by atoms with E-state index in [1.807, 2.05) is 0 Å². The van der Waals surface area contributed by atoms with Gasteiger partial charge in [-0.1, -0.05) is 13.8 Å². The molecule has 3 rings (SSSR count). The molecule has 0 spiro atoms. The van der Waals surface area contributed by atoms with Crippen molar-refractivity contribution in [2.24, 2.45) is 0 Å². The van der Waals surface area contributed by atoms with Crippen LogP contribution in [-0.2, 0) is 10.0 Å². The normalized spacial score (nSPS) is 11.6. The SMILES string of the molecule is CCN(CC)S(=O)(=O)c1ccc(C(=O)Nc2n[nH]c(-c3ccc(F)cc3)n2)cc1. The summed E-state index contributed by atoms with van der Waals surface area (Å²) in [4.78, 5) is 16.7. The third-order valence-corrected chi connectivity index (χ3v) is 6.35. The highest BCUT2D eigenvalue weighted by Gasteiger charge is 2.21. The largest absolute Gasteiger partial charge is 0.289 e. The highest BCUT2D eigenvalue weighted by molar-refractivity contribution is 7.89. The molecule has 10 heteroatoms. The molecule has 1 aromatic heterocycles. The summed E-state index contributed by atoms with van der Waals surface area (Å²) in [5.74, 6) is -0.426. The van der Waals surface area contributed by atoms with Crippen molar-refractivity contribution < 1.29 is 17.6 Å². The molecule has 3 aromatic rings. The van der Waals surface area contributed by atoms with E-state index in [1.54, 1.807) is 13.8 Å². The molecule has 0 aliphatic heterocycles. The van der Waals surface area contributed by atoms with Crippen molar-refractivity contribution in [3.63, 3.8) is 0 Å². The van der Waals surface area contributed by atoms with Crippen LogP contribution >= 0.6 is 0 Å². The smallest absolute Gasteiger partial charge is 0.258 e. The number of hydrogen-bond acceptors (Lipinski definition) is 5. The second-order valence-electron chi connectivity index (χ2n) is 6.08. The van der Waals surface area contributed by atoms with E-state index < -0.39 is 15.9 Å². The molecule has 0 unspecified atom stereocenters. The lowest BCUT2D eigenvalue weighted by Gasteiger charge is -2.18. The third-order valence-electron chi connectivity index (χ3n) is 4.29. The number of carbonyl (C=O) groups excluding carboxylic acids is 1. The van der Waals surface area contributed by atoms with Crippen LogP contribution in [0, 0.1) is 5.82 Å². The van der Waals surface area contributed by atoms with E-state index in [-0.39, 0.29) is 22.2 Å². The minimum absolute atomic E-state index is 0.0502. The van der Waals surface area contributed by atoms with Crippen LogP contribution in [0.3, 0.4) is 0 Å². The van der Waals surface area contributed by atoms with Gasteiger partial charge in [0.2, 0.25) is 16.0 Å². The standard InChI is InChI=1S/C19H20FN5O3S/c1-3-25(4-2)29(27,28)16-11-7-14(8-12-16)18(26)22-19-21-17(23-24-19)13-5-9-15(20)10-6-13/h5-12H,3-4H2,1-2H3,(H2,21,22,23,24,26). The van der Waals surface area contributed by atoms with Crippen molar-refractivity contribution in [1.29, 1.82) is 0 Å². The predicted octanol–water partition coefficient (Wildman–Crippen LogP) is 2.89. The molecule has 0 saturated carbocycles. The number of H-pyrrole nitrogens is 1. The van der Waals surface area contributed by atoms with Crippen molar-refractivity contribution in [2.45, 2.75) is 18.7 Å². The summed E-state index contributed by atoms with van der Waals surface area (Å²) in [6, 6.07) is 11.3. The molecule has 0 atom stereocenters. The maximum atomic E-state index is 13.0. The highest BCUT2D eigenvalue weighted by Crippen LogP contribution is 2.18. The fourth-order valence-electron chi connectivity index (χ4n) is 2.72. The topological polar surface area (TPSA) is 108 Å². The number of anilines is 1. The summed E-state index contributed by atoms with van der Waals surface area (Å²) >= 11 is 0. The molecule has 0 bridgehead atoms. The number of carbonyl (C=O) groups is 1. The van der Waals surface area contributed by atoms with E-state index in [4.69, 9.17) is 0 Å². The summed E-state index contributed by atoms with van der Waals surface area (Å²) in [5.41, 5.74) is 0.877. The first-order valence-corrected chi connectivity index (χ1v) is 10.4. The molecule has 29 heavy (non-hydrogen) atoms. The zero-order valence-corrected chi connectivity index (χ0v) is 16.7. The number of aromatic nitrogens is 3. The lowest BCUT2D eigenvalue weighted by Crippen LogP contribution is -2.30. The van der Waals surface area contributed by atoms with Gasteiger partial charge in [0.05, 0.1) is 4.90 Å². The van der Waals surface area contributed by atoms with Crippen LogP contribution in [0.4, 0.5) is 10.3 Å². The Morgan fingerprint density at radius 1 is 1.07 bits per heavy atom. The average Bonchev–Trinajstić information content (AvgIpc) is 3.17. The summed E-state index contributed by atoms with van der Waals surface area (Å²) in [6.45, 7) is 4.25. The fraction of sp³-hybridized carbons (Fsp3) is 0.211. The van der Waals surface area contributed by atoms with Crippen molar-refractivity contribution >= 4 is 21.9 Å². The first-order chi connectivity index (χ1) is 13.8. The minimum atomic E-state index is -3.59. The number of amides is 1. The van der Waals surface area contributed by atoms with E-state index in [2.05, 4.69) is 20.5 Å². The maximum absolute atomic E-state index is 13.0. The van der Waals surface area contributed by atoms with E-state index in [0.717, 1.165) is 0 Å². The second-order valence-corrected chi connectivity index (χ2v) is 8.02. The molecule has 1 amide bonds.